The first-order chi connectivity index (χ1) is 8.74. The maximum absolute atomic E-state index is 12.2. The maximum atomic E-state index is 12.2. The van der Waals surface area contributed by atoms with Gasteiger partial charge < -0.3 is 10.4 Å². The van der Waals surface area contributed by atoms with E-state index < -0.39 is 0 Å². The monoisotopic (exact) mass is 246 g/mol. The number of nitrogens with one attached hydrogen (secondary N) is 1. The second-order valence-corrected chi connectivity index (χ2v) is 5.14. The van der Waals surface area contributed by atoms with E-state index in [0.717, 1.165) is 31.5 Å². The molecule has 1 saturated heterocycles. The Morgan fingerprint density at radius 1 is 1.28 bits per heavy atom. The van der Waals surface area contributed by atoms with Gasteiger partial charge in [-0.1, -0.05) is 18.2 Å². The first-order valence-electron chi connectivity index (χ1n) is 6.55. The van der Waals surface area contributed by atoms with Gasteiger partial charge in [-0.15, -0.1) is 0 Å². The summed E-state index contributed by atoms with van der Waals surface area (Å²) < 4.78 is 0. The van der Waals surface area contributed by atoms with Crippen LogP contribution in [0.2, 0.25) is 0 Å². The van der Waals surface area contributed by atoms with Crippen molar-refractivity contribution >= 4 is 11.6 Å². The van der Waals surface area contributed by atoms with E-state index in [1.54, 1.807) is 0 Å². The van der Waals surface area contributed by atoms with Crippen LogP contribution in [0.1, 0.15) is 18.4 Å². The van der Waals surface area contributed by atoms with Gasteiger partial charge in [-0.3, -0.25) is 9.69 Å². The van der Waals surface area contributed by atoms with Gasteiger partial charge in [-0.25, -0.2) is 0 Å². The van der Waals surface area contributed by atoms with Crippen molar-refractivity contribution in [1.82, 2.24) is 4.90 Å². The fourth-order valence-electron chi connectivity index (χ4n) is 2.90. The van der Waals surface area contributed by atoms with E-state index in [-0.39, 0.29) is 18.1 Å². The molecule has 0 bridgehead atoms. The summed E-state index contributed by atoms with van der Waals surface area (Å²) in [6.45, 7) is 1.43. The van der Waals surface area contributed by atoms with Crippen molar-refractivity contribution < 1.29 is 9.90 Å². The molecule has 0 spiro atoms. The number of hydrogen-bond acceptors (Lipinski definition) is 3. The highest BCUT2D eigenvalue weighted by Gasteiger charge is 2.33. The van der Waals surface area contributed by atoms with Crippen LogP contribution >= 0.6 is 0 Å². The minimum Gasteiger partial charge on any atom is -0.392 e. The Hall–Kier alpha value is -1.39. The van der Waals surface area contributed by atoms with E-state index in [1.807, 2.05) is 18.2 Å². The third-order valence-electron chi connectivity index (χ3n) is 3.90. The Morgan fingerprint density at radius 2 is 2.11 bits per heavy atom. The number of β-amino-alcohol motifs (C(OH)–C–C–N with tert-alkyl or cyclic N) is 1. The van der Waals surface area contributed by atoms with Crippen molar-refractivity contribution in [1.29, 1.82) is 0 Å². The molecule has 0 aliphatic carbocycles. The van der Waals surface area contributed by atoms with Crippen molar-refractivity contribution in [3.05, 3.63) is 29.8 Å². The van der Waals surface area contributed by atoms with Gasteiger partial charge in [0.2, 0.25) is 5.91 Å². The lowest BCUT2D eigenvalue weighted by Gasteiger charge is -2.24. The predicted octanol–water partition coefficient (Wildman–Crippen LogP) is 1.01. The average molecular weight is 246 g/mol. The standard InChI is InChI=1S/C14H18N2O2/c17-11-7-8-16(9-11)13-6-5-10-3-1-2-4-12(10)15-14(13)18/h1-4,11,13,17H,5-9H2,(H,15,18)/t11-,13?/m1/s1. The Balaban J connectivity index is 1.78. The van der Waals surface area contributed by atoms with Gasteiger partial charge >= 0.3 is 0 Å². The molecule has 4 nitrogen and oxygen atoms in total. The molecule has 0 aromatic heterocycles. The number of carbonyl (C=O) groups is 1. The number of rotatable bonds is 1. The minimum absolute atomic E-state index is 0.0639. The third kappa shape index (κ3) is 2.13. The van der Waals surface area contributed by atoms with E-state index in [1.165, 1.54) is 5.56 Å². The normalized spacial score (nSPS) is 28.6. The highest BCUT2D eigenvalue weighted by molar-refractivity contribution is 5.96. The number of carbonyl (C=O) groups excluding carboxylic acids is 1. The smallest absolute Gasteiger partial charge is 0.241 e. The topological polar surface area (TPSA) is 52.6 Å². The van der Waals surface area contributed by atoms with Crippen molar-refractivity contribution in [2.75, 3.05) is 18.4 Å². The maximum Gasteiger partial charge on any atom is 0.241 e. The average Bonchev–Trinajstić information content (AvgIpc) is 2.70. The molecule has 18 heavy (non-hydrogen) atoms. The lowest BCUT2D eigenvalue weighted by Crippen LogP contribution is -2.42. The number of aryl methyl sites for hydroxylation is 1. The van der Waals surface area contributed by atoms with E-state index in [0.29, 0.717) is 6.54 Å². The zero-order valence-corrected chi connectivity index (χ0v) is 10.3. The van der Waals surface area contributed by atoms with E-state index >= 15 is 0 Å². The molecule has 4 heteroatoms. The number of aliphatic hydroxyl groups excluding tert-OH is 1. The first kappa shape index (κ1) is 11.7. The number of benzene rings is 1. The van der Waals surface area contributed by atoms with Crippen LogP contribution in [0.25, 0.3) is 0 Å². The van der Waals surface area contributed by atoms with Gasteiger partial charge in [0.05, 0.1) is 12.1 Å². The summed E-state index contributed by atoms with van der Waals surface area (Å²) in [7, 11) is 0. The fourth-order valence-corrected chi connectivity index (χ4v) is 2.90. The molecule has 3 rings (SSSR count). The Kier molecular flexibility index (Phi) is 3.06. The van der Waals surface area contributed by atoms with Crippen molar-refractivity contribution in [2.24, 2.45) is 0 Å². The summed E-state index contributed by atoms with van der Waals surface area (Å²) in [5, 5.41) is 12.6. The number of nitrogens with zero attached hydrogens (tertiary/aromatic N) is 1. The van der Waals surface area contributed by atoms with Crippen molar-refractivity contribution in [2.45, 2.75) is 31.4 Å². The van der Waals surface area contributed by atoms with Crippen LogP contribution in [0.15, 0.2) is 24.3 Å². The van der Waals surface area contributed by atoms with E-state index in [2.05, 4.69) is 16.3 Å². The molecule has 96 valence electrons. The lowest BCUT2D eigenvalue weighted by molar-refractivity contribution is -0.121. The zero-order valence-electron chi connectivity index (χ0n) is 10.3. The summed E-state index contributed by atoms with van der Waals surface area (Å²) in [5.41, 5.74) is 2.14. The molecule has 2 N–H and O–H groups in total. The third-order valence-corrected chi connectivity index (χ3v) is 3.90. The van der Waals surface area contributed by atoms with Crippen LogP contribution < -0.4 is 5.32 Å². The number of fused-ring (bicyclic) bond motifs is 1. The van der Waals surface area contributed by atoms with Gasteiger partial charge in [0.25, 0.3) is 0 Å². The van der Waals surface area contributed by atoms with Crippen LogP contribution in [0, 0.1) is 0 Å². The van der Waals surface area contributed by atoms with Crippen LogP contribution in [-0.4, -0.2) is 41.1 Å². The molecule has 1 amide bonds. The Morgan fingerprint density at radius 3 is 2.89 bits per heavy atom. The highest BCUT2D eigenvalue weighted by Crippen LogP contribution is 2.25. The van der Waals surface area contributed by atoms with Crippen molar-refractivity contribution in [3.8, 4) is 0 Å². The zero-order chi connectivity index (χ0) is 12.5. The Labute approximate surface area is 107 Å². The van der Waals surface area contributed by atoms with E-state index in [9.17, 15) is 9.90 Å². The first-order valence-corrected chi connectivity index (χ1v) is 6.55. The van der Waals surface area contributed by atoms with Gasteiger partial charge in [-0.2, -0.15) is 0 Å². The minimum atomic E-state index is -0.275. The van der Waals surface area contributed by atoms with Gasteiger partial charge in [0, 0.05) is 18.8 Å². The number of amides is 1. The van der Waals surface area contributed by atoms with Gasteiger partial charge in [0.1, 0.15) is 0 Å². The molecule has 1 aromatic rings. The van der Waals surface area contributed by atoms with Crippen LogP contribution in [0.3, 0.4) is 0 Å². The molecular formula is C14H18N2O2. The molecule has 2 heterocycles. The summed E-state index contributed by atoms with van der Waals surface area (Å²) >= 11 is 0. The summed E-state index contributed by atoms with van der Waals surface area (Å²) in [6.07, 6.45) is 2.24. The number of para-hydroxylation sites is 1. The quantitative estimate of drug-likeness (QED) is 0.777. The number of likely N-dealkylation sites (tertiary alicyclic amines) is 1. The van der Waals surface area contributed by atoms with Gasteiger partial charge in [0.15, 0.2) is 0 Å². The molecule has 1 fully saturated rings. The van der Waals surface area contributed by atoms with Crippen LogP contribution in [0.4, 0.5) is 5.69 Å². The second kappa shape index (κ2) is 4.71. The highest BCUT2D eigenvalue weighted by atomic mass is 16.3. The molecular weight excluding hydrogens is 228 g/mol. The van der Waals surface area contributed by atoms with Crippen molar-refractivity contribution in [3.63, 3.8) is 0 Å². The number of hydrogen-bond donors (Lipinski definition) is 2. The van der Waals surface area contributed by atoms with E-state index in [4.69, 9.17) is 0 Å². The summed E-state index contributed by atoms with van der Waals surface area (Å²) in [5.74, 6) is 0.0639. The van der Waals surface area contributed by atoms with Gasteiger partial charge in [-0.05, 0) is 30.9 Å². The largest absolute Gasteiger partial charge is 0.392 e. The number of aliphatic hydroxyl groups is 1. The summed E-state index contributed by atoms with van der Waals surface area (Å²) in [4.78, 5) is 14.3. The Bertz CT molecular complexity index is 461. The molecule has 2 aliphatic heterocycles. The molecule has 1 unspecified atom stereocenters. The van der Waals surface area contributed by atoms with Crippen LogP contribution in [-0.2, 0) is 11.2 Å². The second-order valence-electron chi connectivity index (χ2n) is 5.14. The van der Waals surface area contributed by atoms with Crippen LogP contribution in [0.5, 0.6) is 0 Å². The molecule has 1 aromatic carbocycles. The number of anilines is 1. The molecule has 2 aliphatic rings. The predicted molar refractivity (Wildman–Crippen MR) is 69.4 cm³/mol. The molecule has 2 atom stereocenters. The molecule has 0 radical (unpaired) electrons. The molecule has 0 saturated carbocycles. The SMILES string of the molecule is O=C1Nc2ccccc2CCC1N1CC[C@@H](O)C1. The lowest BCUT2D eigenvalue weighted by atomic mass is 10.1. The fraction of sp³-hybridized carbons (Fsp3) is 0.500. The summed E-state index contributed by atoms with van der Waals surface area (Å²) in [6, 6.07) is 7.87.